The van der Waals surface area contributed by atoms with Crippen molar-refractivity contribution >= 4 is 17.4 Å². The number of fused-ring (bicyclic) bond motifs is 5. The summed E-state index contributed by atoms with van der Waals surface area (Å²) < 4.78 is 18.3. The van der Waals surface area contributed by atoms with Crippen molar-refractivity contribution < 1.29 is 19.0 Å². The second-order valence-corrected chi connectivity index (χ2v) is 10.1. The first-order chi connectivity index (χ1) is 18.5. The van der Waals surface area contributed by atoms with E-state index in [4.69, 9.17) is 19.2 Å². The maximum atomic E-state index is 13.7. The molecule has 1 unspecified atom stereocenters. The smallest absolute Gasteiger partial charge is 0.293 e. The van der Waals surface area contributed by atoms with Crippen LogP contribution in [0.4, 0.5) is 0 Å². The zero-order valence-electron chi connectivity index (χ0n) is 21.4. The topological polar surface area (TPSA) is 116 Å². The Morgan fingerprint density at radius 1 is 1.11 bits per heavy atom. The Balaban J connectivity index is 1.55. The molecule has 198 valence electrons. The third kappa shape index (κ3) is 4.11. The molecule has 0 radical (unpaired) electrons. The summed E-state index contributed by atoms with van der Waals surface area (Å²) in [6, 6.07) is 4.91. The molecule has 1 aromatic carbocycles. The Hall–Kier alpha value is -3.83. The molecule has 2 aromatic heterocycles. The predicted molar refractivity (Wildman–Crippen MR) is 139 cm³/mol. The van der Waals surface area contributed by atoms with E-state index in [0.29, 0.717) is 61.2 Å². The normalized spacial score (nSPS) is 17.6. The van der Waals surface area contributed by atoms with Gasteiger partial charge in [0.1, 0.15) is 25.9 Å². The lowest BCUT2D eigenvalue weighted by molar-refractivity contribution is -0.129. The van der Waals surface area contributed by atoms with E-state index in [2.05, 4.69) is 22.0 Å². The van der Waals surface area contributed by atoms with Crippen LogP contribution in [0.3, 0.4) is 0 Å². The molecule has 0 N–H and O–H groups in total. The number of aromatic nitrogens is 2. The minimum atomic E-state index is -0.786. The van der Waals surface area contributed by atoms with Crippen LogP contribution in [0, 0.1) is 4.91 Å². The highest BCUT2D eigenvalue weighted by Crippen LogP contribution is 2.41. The molecule has 11 heteroatoms. The number of hydrogen-bond acceptors (Lipinski definition) is 10. The van der Waals surface area contributed by atoms with Gasteiger partial charge in [0, 0.05) is 49.7 Å². The molecule has 0 saturated carbocycles. The number of carbonyl (C=O) groups is 1. The van der Waals surface area contributed by atoms with Crippen molar-refractivity contribution in [2.24, 2.45) is 5.18 Å². The third-order valence-electron chi connectivity index (χ3n) is 7.74. The van der Waals surface area contributed by atoms with Crippen LogP contribution in [0.2, 0.25) is 0 Å². The summed E-state index contributed by atoms with van der Waals surface area (Å²) in [4.78, 5) is 45.8. The molecular formula is C27H29N5O6. The summed E-state index contributed by atoms with van der Waals surface area (Å²) in [5.74, 6) is 1.34. The Bertz CT molecular complexity index is 1490. The molecule has 1 fully saturated rings. The molecule has 5 heterocycles. The molecule has 6 rings (SSSR count). The molecule has 3 aliphatic rings. The Morgan fingerprint density at radius 3 is 2.55 bits per heavy atom. The van der Waals surface area contributed by atoms with E-state index < -0.39 is 6.04 Å². The van der Waals surface area contributed by atoms with Gasteiger partial charge < -0.3 is 23.7 Å². The Morgan fingerprint density at radius 2 is 1.84 bits per heavy atom. The van der Waals surface area contributed by atoms with Gasteiger partial charge >= 0.3 is 0 Å². The fraction of sp³-hybridized carbons (Fsp3) is 0.444. The predicted octanol–water partition coefficient (Wildman–Crippen LogP) is 2.44. The average molecular weight is 520 g/mol. The lowest BCUT2D eigenvalue weighted by atomic mass is 9.98. The summed E-state index contributed by atoms with van der Waals surface area (Å²) in [5, 5.41) is 4.12. The zero-order valence-corrected chi connectivity index (χ0v) is 21.4. The minimum Gasteiger partial charge on any atom is -0.486 e. The van der Waals surface area contributed by atoms with Crippen molar-refractivity contribution in [3.8, 4) is 22.9 Å². The van der Waals surface area contributed by atoms with E-state index >= 15 is 0 Å². The highest BCUT2D eigenvalue weighted by Gasteiger charge is 2.31. The van der Waals surface area contributed by atoms with Crippen molar-refractivity contribution in [2.45, 2.75) is 32.7 Å². The van der Waals surface area contributed by atoms with E-state index in [1.807, 2.05) is 12.1 Å². The summed E-state index contributed by atoms with van der Waals surface area (Å²) in [7, 11) is 2.13. The van der Waals surface area contributed by atoms with E-state index in [1.54, 1.807) is 17.6 Å². The van der Waals surface area contributed by atoms with E-state index in [1.165, 1.54) is 0 Å². The van der Waals surface area contributed by atoms with E-state index in [0.717, 1.165) is 48.2 Å². The van der Waals surface area contributed by atoms with Crippen LogP contribution in [0.25, 0.3) is 22.3 Å². The van der Waals surface area contributed by atoms with Gasteiger partial charge in [-0.1, -0.05) is 5.18 Å². The fourth-order valence-electron chi connectivity index (χ4n) is 5.61. The Labute approximate surface area is 218 Å². The van der Waals surface area contributed by atoms with Crippen LogP contribution in [0.1, 0.15) is 35.2 Å². The lowest BCUT2D eigenvalue weighted by Crippen LogP contribution is -2.44. The van der Waals surface area contributed by atoms with Crippen molar-refractivity contribution in [1.29, 1.82) is 0 Å². The number of pyridine rings is 2. The first-order valence-corrected chi connectivity index (χ1v) is 12.8. The monoisotopic (exact) mass is 519 g/mol. The molecule has 1 saturated heterocycles. The number of benzene rings is 1. The number of nitrogens with zero attached hydrogens (tertiary/aromatic N) is 5. The number of likely N-dealkylation sites (N-methyl/N-ethyl adjacent to an activating group) is 1. The first-order valence-electron chi connectivity index (χ1n) is 12.8. The molecule has 3 aromatic rings. The number of piperazine rings is 1. The fourth-order valence-corrected chi connectivity index (χ4v) is 5.61. The van der Waals surface area contributed by atoms with Gasteiger partial charge in [0.25, 0.3) is 12.0 Å². The first kappa shape index (κ1) is 24.5. The van der Waals surface area contributed by atoms with Gasteiger partial charge in [-0.15, -0.1) is 0 Å². The number of rotatable bonds is 7. The van der Waals surface area contributed by atoms with Gasteiger partial charge in [-0.3, -0.25) is 14.5 Å². The van der Waals surface area contributed by atoms with Gasteiger partial charge in [0.2, 0.25) is 0 Å². The molecule has 0 bridgehead atoms. The third-order valence-corrected chi connectivity index (χ3v) is 7.74. The van der Waals surface area contributed by atoms with Gasteiger partial charge in [-0.05, 0) is 37.2 Å². The van der Waals surface area contributed by atoms with Crippen LogP contribution in [-0.4, -0.2) is 72.3 Å². The van der Waals surface area contributed by atoms with Crippen molar-refractivity contribution in [1.82, 2.24) is 19.4 Å². The summed E-state index contributed by atoms with van der Waals surface area (Å²) in [5.41, 5.74) is 4.54. The molecule has 1 atom stereocenters. The quantitative estimate of drug-likeness (QED) is 0.268. The highest BCUT2D eigenvalue weighted by molar-refractivity contribution is 5.90. The maximum Gasteiger partial charge on any atom is 0.293 e. The SMILES string of the molecule is CC(N=O)c1cc2n(c(=O)c1COC=O)Cc1c-2nc2cc3c(cc2c1CN1CCN(C)CC1)OCCO3. The molecule has 0 spiro atoms. The second-order valence-electron chi connectivity index (χ2n) is 10.1. The molecule has 0 amide bonds. The van der Waals surface area contributed by atoms with E-state index in [-0.39, 0.29) is 17.7 Å². The molecule has 38 heavy (non-hydrogen) atoms. The lowest BCUT2D eigenvalue weighted by Gasteiger charge is -2.33. The van der Waals surface area contributed by atoms with Gasteiger partial charge in [0.05, 0.1) is 29.0 Å². The van der Waals surface area contributed by atoms with Crippen molar-refractivity contribution in [3.05, 3.63) is 55.7 Å². The number of nitroso groups, excluding NO2 is 1. The second kappa shape index (κ2) is 9.80. The molecule has 3 aliphatic heterocycles. The van der Waals surface area contributed by atoms with Crippen LogP contribution in [0.5, 0.6) is 11.5 Å². The van der Waals surface area contributed by atoms with E-state index in [9.17, 15) is 14.5 Å². The van der Waals surface area contributed by atoms with Crippen LogP contribution >= 0.6 is 0 Å². The van der Waals surface area contributed by atoms with Crippen LogP contribution in [-0.2, 0) is 29.2 Å². The maximum absolute atomic E-state index is 13.7. The van der Waals surface area contributed by atoms with Gasteiger partial charge in [0.15, 0.2) is 11.5 Å². The Kier molecular flexibility index (Phi) is 6.32. The minimum absolute atomic E-state index is 0.223. The number of hydrogen-bond donors (Lipinski definition) is 0. The summed E-state index contributed by atoms with van der Waals surface area (Å²) >= 11 is 0. The van der Waals surface area contributed by atoms with Gasteiger partial charge in [-0.2, -0.15) is 4.91 Å². The standard InChI is InChI=1S/C27H29N5O6/c1-16(29-35)17-9-23-26-20(13-32(23)27(34)21(17)14-36-15-33)19(12-31-5-3-30(2)4-6-31)18-10-24-25(11-22(18)28-26)38-8-7-37-24/h9-11,15-16H,3-8,12-14H2,1-2H3. The average Bonchev–Trinajstić information content (AvgIpc) is 3.30. The molecular weight excluding hydrogens is 490 g/mol. The van der Waals surface area contributed by atoms with Gasteiger partial charge in [-0.25, -0.2) is 4.98 Å². The number of ether oxygens (including phenoxy) is 3. The highest BCUT2D eigenvalue weighted by atomic mass is 16.6. The number of carbonyl (C=O) groups excluding carboxylic acids is 1. The van der Waals surface area contributed by atoms with Crippen LogP contribution in [0.15, 0.2) is 28.2 Å². The van der Waals surface area contributed by atoms with Crippen molar-refractivity contribution in [2.75, 3.05) is 46.4 Å². The summed E-state index contributed by atoms with van der Waals surface area (Å²) in [6.07, 6.45) is 0. The van der Waals surface area contributed by atoms with Crippen molar-refractivity contribution in [3.63, 3.8) is 0 Å². The molecule has 11 nitrogen and oxygen atoms in total. The summed E-state index contributed by atoms with van der Waals surface area (Å²) in [6.45, 7) is 7.54. The largest absolute Gasteiger partial charge is 0.486 e. The molecule has 0 aliphatic carbocycles. The zero-order chi connectivity index (χ0) is 26.4. The van der Waals surface area contributed by atoms with Crippen LogP contribution < -0.4 is 15.0 Å².